The Labute approximate surface area is 117 Å². The molecule has 8 heteroatoms. The second-order valence-corrected chi connectivity index (χ2v) is 4.69. The van der Waals surface area contributed by atoms with Crippen molar-refractivity contribution in [2.75, 3.05) is 5.32 Å². The first-order valence-electron chi connectivity index (χ1n) is 5.53. The number of carbonyl (C=O) groups is 2. The molecule has 2 rings (SSSR count). The van der Waals surface area contributed by atoms with Gasteiger partial charge in [-0.1, -0.05) is 6.07 Å². The first-order valence-corrected chi connectivity index (χ1v) is 6.40. The van der Waals surface area contributed by atoms with Crippen molar-refractivity contribution in [3.8, 4) is 0 Å². The molecule has 20 heavy (non-hydrogen) atoms. The molecule has 0 saturated heterocycles. The molecule has 0 spiro atoms. The Balaban J connectivity index is 1.87. The number of nitrogens with one attached hydrogen (secondary N) is 2. The zero-order chi connectivity index (χ0) is 14.5. The summed E-state index contributed by atoms with van der Waals surface area (Å²) in [5.74, 6) is -1.56. The molecule has 2 amide bonds. The summed E-state index contributed by atoms with van der Waals surface area (Å²) >= 11 is 1.13. The van der Waals surface area contributed by atoms with Crippen LogP contribution in [-0.2, 0) is 6.54 Å². The summed E-state index contributed by atoms with van der Waals surface area (Å²) in [6.45, 7) is 0.0963. The highest BCUT2D eigenvalue weighted by Crippen LogP contribution is 2.10. The van der Waals surface area contributed by atoms with Crippen molar-refractivity contribution in [2.24, 2.45) is 0 Å². The molecule has 2 aromatic rings. The average Bonchev–Trinajstić information content (AvgIpc) is 2.85. The number of aromatic carboxylic acids is 1. The van der Waals surface area contributed by atoms with Gasteiger partial charge < -0.3 is 15.7 Å². The highest BCUT2D eigenvalue weighted by atomic mass is 32.1. The minimum Gasteiger partial charge on any atom is -0.476 e. The number of benzene rings is 1. The molecule has 0 fully saturated rings. The summed E-state index contributed by atoms with van der Waals surface area (Å²) < 4.78 is 12.9. The quantitative estimate of drug-likeness (QED) is 0.807. The maximum absolute atomic E-state index is 12.9. The molecule has 1 aromatic heterocycles. The van der Waals surface area contributed by atoms with Gasteiger partial charge in [-0.3, -0.25) is 0 Å². The third-order valence-corrected chi connectivity index (χ3v) is 3.10. The maximum Gasteiger partial charge on any atom is 0.355 e. The molecule has 1 heterocycles. The lowest BCUT2D eigenvalue weighted by Gasteiger charge is -2.06. The second kappa shape index (κ2) is 6.11. The fourth-order valence-corrected chi connectivity index (χ4v) is 2.10. The van der Waals surface area contributed by atoms with Gasteiger partial charge in [-0.15, -0.1) is 11.3 Å². The molecular formula is C12H10FN3O3S. The van der Waals surface area contributed by atoms with Crippen LogP contribution >= 0.6 is 11.3 Å². The zero-order valence-electron chi connectivity index (χ0n) is 10.1. The van der Waals surface area contributed by atoms with Crippen molar-refractivity contribution in [3.63, 3.8) is 0 Å². The Morgan fingerprint density at radius 3 is 2.85 bits per heavy atom. The maximum atomic E-state index is 12.9. The van der Waals surface area contributed by atoms with Gasteiger partial charge in [0.25, 0.3) is 0 Å². The summed E-state index contributed by atoms with van der Waals surface area (Å²) in [5, 5.41) is 15.5. The minimum atomic E-state index is -1.11. The summed E-state index contributed by atoms with van der Waals surface area (Å²) in [6, 6.07) is 4.96. The number of carbonyl (C=O) groups excluding carboxylic acids is 1. The number of anilines is 1. The molecule has 0 atom stereocenters. The van der Waals surface area contributed by atoms with Crippen molar-refractivity contribution in [1.82, 2.24) is 10.3 Å². The number of aromatic nitrogens is 1. The average molecular weight is 295 g/mol. The molecule has 0 aliphatic rings. The summed E-state index contributed by atoms with van der Waals surface area (Å²) in [7, 11) is 0. The fraction of sp³-hybridized carbons (Fsp3) is 0.0833. The fourth-order valence-electron chi connectivity index (χ4n) is 1.39. The van der Waals surface area contributed by atoms with Crippen LogP contribution in [0.1, 0.15) is 15.5 Å². The Morgan fingerprint density at radius 2 is 2.20 bits per heavy atom. The monoisotopic (exact) mass is 295 g/mol. The number of carboxylic acid groups (broad SMARTS) is 1. The summed E-state index contributed by atoms with van der Waals surface area (Å²) in [5.41, 5.74) is 0.269. The molecule has 104 valence electrons. The standard InChI is InChI=1S/C12H10FN3O3S/c13-7-2-1-3-8(4-7)15-12(19)14-5-10-16-9(6-20-10)11(17)18/h1-4,6H,5H2,(H,17,18)(H2,14,15,19). The van der Waals surface area contributed by atoms with Crippen molar-refractivity contribution in [2.45, 2.75) is 6.54 Å². The Hall–Kier alpha value is -2.48. The van der Waals surface area contributed by atoms with Gasteiger partial charge in [0.1, 0.15) is 10.8 Å². The van der Waals surface area contributed by atoms with Gasteiger partial charge in [0.05, 0.1) is 6.54 Å². The van der Waals surface area contributed by atoms with E-state index in [0.717, 1.165) is 11.3 Å². The third kappa shape index (κ3) is 3.75. The van der Waals surface area contributed by atoms with Crippen LogP contribution in [0.5, 0.6) is 0 Å². The molecule has 0 radical (unpaired) electrons. The van der Waals surface area contributed by atoms with Crippen LogP contribution in [0, 0.1) is 5.82 Å². The van der Waals surface area contributed by atoms with E-state index in [1.54, 1.807) is 6.07 Å². The van der Waals surface area contributed by atoms with Crippen LogP contribution < -0.4 is 10.6 Å². The van der Waals surface area contributed by atoms with E-state index in [2.05, 4.69) is 15.6 Å². The number of rotatable bonds is 4. The Bertz CT molecular complexity index is 644. The molecule has 1 aromatic carbocycles. The van der Waals surface area contributed by atoms with Crippen molar-refractivity contribution < 1.29 is 19.1 Å². The van der Waals surface area contributed by atoms with E-state index < -0.39 is 17.8 Å². The van der Waals surface area contributed by atoms with E-state index in [4.69, 9.17) is 5.11 Å². The van der Waals surface area contributed by atoms with E-state index in [-0.39, 0.29) is 12.2 Å². The molecular weight excluding hydrogens is 285 g/mol. The van der Waals surface area contributed by atoms with Gasteiger partial charge in [0.15, 0.2) is 5.69 Å². The summed E-state index contributed by atoms with van der Waals surface area (Å²) in [4.78, 5) is 26.0. The van der Waals surface area contributed by atoms with E-state index in [9.17, 15) is 14.0 Å². The number of hydrogen-bond donors (Lipinski definition) is 3. The van der Waals surface area contributed by atoms with Gasteiger partial charge in [-0.05, 0) is 18.2 Å². The number of carboxylic acids is 1. The van der Waals surface area contributed by atoms with E-state index in [1.165, 1.54) is 23.6 Å². The molecule has 3 N–H and O–H groups in total. The highest BCUT2D eigenvalue weighted by Gasteiger charge is 2.09. The van der Waals surface area contributed by atoms with Gasteiger partial charge in [0.2, 0.25) is 0 Å². The van der Waals surface area contributed by atoms with Crippen molar-refractivity contribution in [3.05, 3.63) is 46.2 Å². The predicted molar refractivity (Wildman–Crippen MR) is 71.3 cm³/mol. The molecule has 0 saturated carbocycles. The number of thiazole rings is 1. The topological polar surface area (TPSA) is 91.3 Å². The molecule has 6 nitrogen and oxygen atoms in total. The largest absolute Gasteiger partial charge is 0.476 e. The van der Waals surface area contributed by atoms with Crippen molar-refractivity contribution >= 4 is 29.0 Å². The van der Waals surface area contributed by atoms with Gasteiger partial charge in [0, 0.05) is 11.1 Å². The van der Waals surface area contributed by atoms with Gasteiger partial charge in [-0.25, -0.2) is 19.0 Å². The molecule has 0 aliphatic heterocycles. The first-order chi connectivity index (χ1) is 9.54. The smallest absolute Gasteiger partial charge is 0.355 e. The minimum absolute atomic E-state index is 0.0580. The molecule has 0 unspecified atom stereocenters. The zero-order valence-corrected chi connectivity index (χ0v) is 10.9. The van der Waals surface area contributed by atoms with E-state index in [1.807, 2.05) is 0 Å². The second-order valence-electron chi connectivity index (χ2n) is 3.75. The van der Waals surface area contributed by atoms with Crippen LogP contribution in [0.3, 0.4) is 0 Å². The van der Waals surface area contributed by atoms with Crippen LogP contribution in [0.15, 0.2) is 29.6 Å². The van der Waals surface area contributed by atoms with Crippen LogP contribution in [0.2, 0.25) is 0 Å². The molecule has 0 bridgehead atoms. The predicted octanol–water partition coefficient (Wildman–Crippen LogP) is 2.30. The number of urea groups is 1. The summed E-state index contributed by atoms with van der Waals surface area (Å²) in [6.07, 6.45) is 0. The van der Waals surface area contributed by atoms with Crippen LogP contribution in [0.4, 0.5) is 14.9 Å². The Morgan fingerprint density at radius 1 is 1.40 bits per heavy atom. The number of nitrogens with zero attached hydrogens (tertiary/aromatic N) is 1. The lowest BCUT2D eigenvalue weighted by molar-refractivity contribution is 0.0691. The Kier molecular flexibility index (Phi) is 4.26. The lowest BCUT2D eigenvalue weighted by atomic mass is 10.3. The van der Waals surface area contributed by atoms with Gasteiger partial charge in [-0.2, -0.15) is 0 Å². The van der Waals surface area contributed by atoms with Crippen molar-refractivity contribution in [1.29, 1.82) is 0 Å². The highest BCUT2D eigenvalue weighted by molar-refractivity contribution is 7.09. The third-order valence-electron chi connectivity index (χ3n) is 2.25. The van der Waals surface area contributed by atoms with E-state index >= 15 is 0 Å². The SMILES string of the molecule is O=C(NCc1nc(C(=O)O)cs1)Nc1cccc(F)c1. The normalized spacial score (nSPS) is 10.1. The lowest BCUT2D eigenvalue weighted by Crippen LogP contribution is -2.28. The number of halogens is 1. The number of hydrogen-bond acceptors (Lipinski definition) is 4. The van der Waals surface area contributed by atoms with Crippen LogP contribution in [-0.4, -0.2) is 22.1 Å². The van der Waals surface area contributed by atoms with E-state index in [0.29, 0.717) is 10.7 Å². The number of amides is 2. The van der Waals surface area contributed by atoms with Crippen LogP contribution in [0.25, 0.3) is 0 Å². The van der Waals surface area contributed by atoms with Gasteiger partial charge >= 0.3 is 12.0 Å². The first kappa shape index (κ1) is 13.9. The molecule has 0 aliphatic carbocycles.